The number of hydrogen-bond acceptors (Lipinski definition) is 4. The number of ketones is 1. The van der Waals surface area contributed by atoms with Crippen LogP contribution in [0.25, 0.3) is 0 Å². The van der Waals surface area contributed by atoms with Crippen LogP contribution in [-0.2, 0) is 10.0 Å². The third kappa shape index (κ3) is 4.01. The van der Waals surface area contributed by atoms with Gasteiger partial charge in [-0.15, -0.1) is 0 Å². The lowest BCUT2D eigenvalue weighted by Crippen LogP contribution is -2.39. The Bertz CT molecular complexity index is 586. The molecule has 0 spiro atoms. The molecule has 1 fully saturated rings. The van der Waals surface area contributed by atoms with Crippen LogP contribution in [0, 0.1) is 5.92 Å². The average molecular weight is 317 g/mol. The standard InChI is InChI=1S/C13H17ClN2O3S/c1-20(18,19)16-6-2-3-10(9-16)7-12(17)11-4-5-13(14)15-8-11/h4-5,8,10H,2-3,6-7,9H2,1H3. The third-order valence-electron chi connectivity index (χ3n) is 3.47. The first-order valence-electron chi connectivity index (χ1n) is 6.46. The van der Waals surface area contributed by atoms with Crippen LogP contribution in [-0.4, -0.2) is 42.8 Å². The first-order valence-corrected chi connectivity index (χ1v) is 8.69. The molecular formula is C13H17ClN2O3S. The Kier molecular flexibility index (Phi) is 4.78. The number of rotatable bonds is 4. The van der Waals surface area contributed by atoms with E-state index in [0.717, 1.165) is 12.8 Å². The Morgan fingerprint density at radius 3 is 2.85 bits per heavy atom. The van der Waals surface area contributed by atoms with Gasteiger partial charge in [0, 0.05) is 31.3 Å². The molecule has 2 heterocycles. The van der Waals surface area contributed by atoms with Crippen LogP contribution in [0.1, 0.15) is 29.6 Å². The predicted octanol–water partition coefficient (Wildman–Crippen LogP) is 1.98. The van der Waals surface area contributed by atoms with Crippen molar-refractivity contribution in [3.8, 4) is 0 Å². The lowest BCUT2D eigenvalue weighted by atomic mass is 9.92. The van der Waals surface area contributed by atoms with Crippen molar-refractivity contribution in [2.24, 2.45) is 5.92 Å². The largest absolute Gasteiger partial charge is 0.294 e. The SMILES string of the molecule is CS(=O)(=O)N1CCCC(CC(=O)c2ccc(Cl)nc2)C1. The van der Waals surface area contributed by atoms with Crippen LogP contribution >= 0.6 is 11.6 Å². The van der Waals surface area contributed by atoms with Crippen molar-refractivity contribution in [2.45, 2.75) is 19.3 Å². The van der Waals surface area contributed by atoms with E-state index in [4.69, 9.17) is 11.6 Å². The molecule has 0 N–H and O–H groups in total. The highest BCUT2D eigenvalue weighted by molar-refractivity contribution is 7.88. The van der Waals surface area contributed by atoms with Gasteiger partial charge in [0.25, 0.3) is 0 Å². The van der Waals surface area contributed by atoms with Gasteiger partial charge in [-0.2, -0.15) is 0 Å². The predicted molar refractivity (Wildman–Crippen MR) is 77.3 cm³/mol. The van der Waals surface area contributed by atoms with E-state index in [1.54, 1.807) is 12.1 Å². The van der Waals surface area contributed by atoms with E-state index in [1.807, 2.05) is 0 Å². The number of Topliss-reactive ketones (excluding diaryl/α,β-unsaturated/α-hetero) is 1. The molecule has 110 valence electrons. The zero-order valence-electron chi connectivity index (χ0n) is 11.3. The molecule has 20 heavy (non-hydrogen) atoms. The van der Waals surface area contributed by atoms with Crippen molar-refractivity contribution in [1.29, 1.82) is 0 Å². The van der Waals surface area contributed by atoms with Gasteiger partial charge < -0.3 is 0 Å². The molecule has 2 rings (SSSR count). The Hall–Kier alpha value is -0.980. The topological polar surface area (TPSA) is 67.3 Å². The van der Waals surface area contributed by atoms with Crippen molar-refractivity contribution >= 4 is 27.4 Å². The number of piperidine rings is 1. The maximum absolute atomic E-state index is 12.1. The molecule has 0 aromatic carbocycles. The minimum atomic E-state index is -3.17. The molecule has 1 aliphatic heterocycles. The Labute approximate surface area is 124 Å². The summed E-state index contributed by atoms with van der Waals surface area (Å²) in [6.07, 6.45) is 4.68. The summed E-state index contributed by atoms with van der Waals surface area (Å²) in [5, 5.41) is 0.350. The minimum absolute atomic E-state index is 0.0190. The zero-order chi connectivity index (χ0) is 14.8. The van der Waals surface area contributed by atoms with E-state index < -0.39 is 10.0 Å². The molecule has 1 aliphatic rings. The Morgan fingerprint density at radius 1 is 1.50 bits per heavy atom. The van der Waals surface area contributed by atoms with E-state index in [9.17, 15) is 13.2 Å². The summed E-state index contributed by atoms with van der Waals surface area (Å²) in [5.74, 6) is 0.0520. The van der Waals surface area contributed by atoms with Crippen LogP contribution in [0.2, 0.25) is 5.15 Å². The number of pyridine rings is 1. The fourth-order valence-corrected chi connectivity index (χ4v) is 3.47. The molecule has 0 radical (unpaired) electrons. The summed E-state index contributed by atoms with van der Waals surface area (Å²) in [6.45, 7) is 0.970. The number of sulfonamides is 1. The minimum Gasteiger partial charge on any atom is -0.294 e. The van der Waals surface area contributed by atoms with E-state index in [1.165, 1.54) is 16.8 Å². The second-order valence-corrected chi connectivity index (χ2v) is 7.50. The molecule has 5 nitrogen and oxygen atoms in total. The molecule has 0 bridgehead atoms. The van der Waals surface area contributed by atoms with Gasteiger partial charge in [0.2, 0.25) is 10.0 Å². The van der Waals surface area contributed by atoms with Crippen molar-refractivity contribution in [3.05, 3.63) is 29.0 Å². The fraction of sp³-hybridized carbons (Fsp3) is 0.538. The van der Waals surface area contributed by atoms with Gasteiger partial charge in [-0.25, -0.2) is 17.7 Å². The summed E-state index contributed by atoms with van der Waals surface area (Å²) in [4.78, 5) is 16.0. The van der Waals surface area contributed by atoms with Crippen molar-refractivity contribution in [2.75, 3.05) is 19.3 Å². The van der Waals surface area contributed by atoms with Crippen LogP contribution in [0.4, 0.5) is 0 Å². The molecule has 1 aromatic rings. The number of carbonyl (C=O) groups is 1. The lowest BCUT2D eigenvalue weighted by Gasteiger charge is -2.30. The maximum atomic E-state index is 12.1. The molecule has 1 atom stereocenters. The molecule has 7 heteroatoms. The summed E-state index contributed by atoms with van der Waals surface area (Å²) in [5.41, 5.74) is 0.519. The van der Waals surface area contributed by atoms with Crippen LogP contribution in [0.3, 0.4) is 0 Å². The lowest BCUT2D eigenvalue weighted by molar-refractivity contribution is 0.0942. The molecule has 1 saturated heterocycles. The number of carbonyl (C=O) groups excluding carboxylic acids is 1. The Morgan fingerprint density at radius 2 is 2.25 bits per heavy atom. The monoisotopic (exact) mass is 316 g/mol. The van der Waals surface area contributed by atoms with Crippen molar-refractivity contribution in [3.63, 3.8) is 0 Å². The first-order chi connectivity index (χ1) is 9.36. The quantitative estimate of drug-likeness (QED) is 0.629. The van der Waals surface area contributed by atoms with Gasteiger partial charge in [-0.3, -0.25) is 4.79 Å². The second kappa shape index (κ2) is 6.20. The average Bonchev–Trinajstić information content (AvgIpc) is 2.38. The number of halogens is 1. The van der Waals surface area contributed by atoms with Crippen molar-refractivity contribution < 1.29 is 13.2 Å². The summed E-state index contributed by atoms with van der Waals surface area (Å²) >= 11 is 5.68. The fourth-order valence-electron chi connectivity index (χ4n) is 2.42. The van der Waals surface area contributed by atoms with Gasteiger partial charge in [0.15, 0.2) is 5.78 Å². The van der Waals surface area contributed by atoms with Gasteiger partial charge >= 0.3 is 0 Å². The van der Waals surface area contributed by atoms with E-state index in [2.05, 4.69) is 4.98 Å². The summed E-state index contributed by atoms with van der Waals surface area (Å²) in [7, 11) is -3.17. The highest BCUT2D eigenvalue weighted by atomic mass is 35.5. The summed E-state index contributed by atoms with van der Waals surface area (Å²) in [6, 6.07) is 3.23. The van der Waals surface area contributed by atoms with Gasteiger partial charge in [-0.05, 0) is 30.9 Å². The maximum Gasteiger partial charge on any atom is 0.211 e. The molecule has 0 saturated carbocycles. The van der Waals surface area contributed by atoms with E-state index in [0.29, 0.717) is 30.2 Å². The van der Waals surface area contributed by atoms with Crippen LogP contribution in [0.15, 0.2) is 18.3 Å². The van der Waals surface area contributed by atoms with E-state index >= 15 is 0 Å². The first kappa shape index (κ1) is 15.4. The van der Waals surface area contributed by atoms with Gasteiger partial charge in [0.1, 0.15) is 5.15 Å². The number of hydrogen-bond donors (Lipinski definition) is 0. The van der Waals surface area contributed by atoms with Gasteiger partial charge in [0.05, 0.1) is 6.26 Å². The van der Waals surface area contributed by atoms with Gasteiger partial charge in [-0.1, -0.05) is 11.6 Å². The van der Waals surface area contributed by atoms with E-state index in [-0.39, 0.29) is 11.7 Å². The molecule has 0 amide bonds. The smallest absolute Gasteiger partial charge is 0.211 e. The normalized spacial score (nSPS) is 20.8. The number of aromatic nitrogens is 1. The number of nitrogens with zero attached hydrogens (tertiary/aromatic N) is 2. The molecular weight excluding hydrogens is 300 g/mol. The Balaban J connectivity index is 1.99. The zero-order valence-corrected chi connectivity index (χ0v) is 12.8. The molecule has 0 aliphatic carbocycles. The molecule has 1 aromatic heterocycles. The highest BCUT2D eigenvalue weighted by Crippen LogP contribution is 2.23. The highest BCUT2D eigenvalue weighted by Gasteiger charge is 2.27. The van der Waals surface area contributed by atoms with Crippen LogP contribution in [0.5, 0.6) is 0 Å². The summed E-state index contributed by atoms with van der Waals surface area (Å²) < 4.78 is 24.5. The van der Waals surface area contributed by atoms with Crippen molar-refractivity contribution in [1.82, 2.24) is 9.29 Å². The second-order valence-electron chi connectivity index (χ2n) is 5.13. The third-order valence-corrected chi connectivity index (χ3v) is 4.97. The molecule has 1 unspecified atom stereocenters. The van der Waals surface area contributed by atoms with Crippen LogP contribution < -0.4 is 0 Å².